The molecule has 1 aromatic heterocycles. The number of pyridine rings is 1. The van der Waals surface area contributed by atoms with Crippen molar-refractivity contribution in [3.05, 3.63) is 108 Å². The van der Waals surface area contributed by atoms with Crippen LogP contribution in [-0.2, 0) is 13.1 Å². The Hall–Kier alpha value is -4.86. The van der Waals surface area contributed by atoms with E-state index in [-0.39, 0.29) is 0 Å². The maximum atomic E-state index is 5.82. The van der Waals surface area contributed by atoms with Gasteiger partial charge >= 0.3 is 0 Å². The van der Waals surface area contributed by atoms with Crippen LogP contribution in [0, 0.1) is 0 Å². The summed E-state index contributed by atoms with van der Waals surface area (Å²) in [7, 11) is 8.40. The lowest BCUT2D eigenvalue weighted by molar-refractivity contribution is 0.201. The van der Waals surface area contributed by atoms with Gasteiger partial charge in [-0.05, 0) is 121 Å². The van der Waals surface area contributed by atoms with Gasteiger partial charge in [0.25, 0.3) is 0 Å². The normalized spacial score (nSPS) is 14.9. The molecule has 7 rings (SSSR count). The molecule has 55 heavy (non-hydrogen) atoms. The van der Waals surface area contributed by atoms with Crippen molar-refractivity contribution < 1.29 is 23.7 Å². The van der Waals surface area contributed by atoms with Crippen LogP contribution in [-0.4, -0.2) is 70.8 Å². The third kappa shape index (κ3) is 8.53. The minimum Gasteiger partial charge on any atom is -0.493 e. The average molecular weight is 760 g/mol. The van der Waals surface area contributed by atoms with E-state index in [2.05, 4.69) is 88.9 Å². The van der Waals surface area contributed by atoms with Crippen LogP contribution in [0.1, 0.15) is 54.7 Å². The number of nitrogens with zero attached hydrogens (tertiary/aromatic N) is 3. The van der Waals surface area contributed by atoms with Crippen molar-refractivity contribution in [3.63, 3.8) is 0 Å². The van der Waals surface area contributed by atoms with Gasteiger partial charge in [0, 0.05) is 60.1 Å². The lowest BCUT2D eigenvalue weighted by Crippen LogP contribution is -2.44. The minimum absolute atomic E-state index is 0.405. The molecule has 2 heterocycles. The zero-order valence-corrected chi connectivity index (χ0v) is 33.8. The van der Waals surface area contributed by atoms with Crippen LogP contribution in [0.4, 0.5) is 5.69 Å². The second-order valence-electron chi connectivity index (χ2n) is 14.4. The number of aromatic nitrogens is 1. The van der Waals surface area contributed by atoms with Crippen LogP contribution in [0.15, 0.2) is 96.0 Å². The summed E-state index contributed by atoms with van der Waals surface area (Å²) < 4.78 is 28.5. The van der Waals surface area contributed by atoms with Gasteiger partial charge in [0.05, 0.1) is 41.2 Å². The number of hydrogen-bond donors (Lipinski definition) is 0. The number of hydrogen-bond acceptors (Lipinski definition) is 9. The summed E-state index contributed by atoms with van der Waals surface area (Å²) in [5.41, 5.74) is 9.20. The molecule has 2 aliphatic rings. The van der Waals surface area contributed by atoms with Gasteiger partial charge in [0.15, 0.2) is 23.0 Å². The van der Waals surface area contributed by atoms with Gasteiger partial charge in [-0.1, -0.05) is 30.7 Å². The predicted octanol–water partition coefficient (Wildman–Crippen LogP) is 10.1. The highest BCUT2D eigenvalue weighted by Crippen LogP contribution is 2.47. The monoisotopic (exact) mass is 759 g/mol. The maximum absolute atomic E-state index is 5.82. The SMILES string of the molecule is COc1cc(-c2cccc(CN(c3cccc(SC)c3)C3CCN(Cc4ccnc(-c5cc(OC)c(OC)c(C6CCC6)c5)c4)CC3)c2)cc(OC)c1OC. The highest BCUT2D eigenvalue weighted by Gasteiger charge is 2.28. The fraction of sp³-hybridized carbons (Fsp3) is 0.370. The molecule has 4 aromatic carbocycles. The van der Waals surface area contributed by atoms with Gasteiger partial charge < -0.3 is 28.6 Å². The van der Waals surface area contributed by atoms with Crippen molar-refractivity contribution >= 4 is 17.4 Å². The minimum atomic E-state index is 0.405. The molecule has 5 aromatic rings. The average Bonchev–Trinajstić information content (AvgIpc) is 3.21. The first kappa shape index (κ1) is 38.4. The van der Waals surface area contributed by atoms with Crippen LogP contribution in [0.25, 0.3) is 22.4 Å². The Morgan fingerprint density at radius 1 is 0.673 bits per heavy atom. The lowest BCUT2D eigenvalue weighted by Gasteiger charge is -2.40. The summed E-state index contributed by atoms with van der Waals surface area (Å²) in [6.07, 6.45) is 9.89. The molecule has 0 N–H and O–H groups in total. The number of likely N-dealkylation sites (tertiary alicyclic amines) is 1. The molecule has 0 unspecified atom stereocenters. The van der Waals surface area contributed by atoms with Crippen molar-refractivity contribution in [2.45, 2.75) is 62.0 Å². The second kappa shape index (κ2) is 17.7. The summed E-state index contributed by atoms with van der Waals surface area (Å²) in [5, 5.41) is 0. The standard InChI is InChI=1S/C46H53N3O5S/c1-50-42-27-36(24-40(45(42)53-4)33-11-8-12-33)41-23-32(16-19-47-41)29-48-20-17-37(18-21-48)49(38-14-9-15-39(28-38)55-6)30-31-10-7-13-34(22-31)35-25-43(51-2)46(54-5)44(26-35)52-3/h7,9-10,13-16,19,22-28,33,37H,8,11-12,17-18,20-21,29-30H2,1-6H3. The van der Waals surface area contributed by atoms with Gasteiger partial charge in [-0.2, -0.15) is 0 Å². The number of benzene rings is 4. The maximum Gasteiger partial charge on any atom is 0.203 e. The van der Waals surface area contributed by atoms with Crippen LogP contribution in [0.2, 0.25) is 0 Å². The van der Waals surface area contributed by atoms with Crippen molar-refractivity contribution in [3.8, 4) is 51.1 Å². The number of thioether (sulfide) groups is 1. The van der Waals surface area contributed by atoms with E-state index in [1.54, 1.807) is 47.3 Å². The number of rotatable bonds is 15. The van der Waals surface area contributed by atoms with E-state index in [0.29, 0.717) is 29.2 Å². The summed E-state index contributed by atoms with van der Waals surface area (Å²) in [4.78, 5) is 11.3. The molecule has 0 amide bonds. The van der Waals surface area contributed by atoms with Gasteiger partial charge in [0.2, 0.25) is 5.75 Å². The lowest BCUT2D eigenvalue weighted by atomic mass is 9.79. The molecule has 288 valence electrons. The van der Waals surface area contributed by atoms with Crippen LogP contribution < -0.4 is 28.6 Å². The summed E-state index contributed by atoms with van der Waals surface area (Å²) in [6.45, 7) is 3.75. The van der Waals surface area contributed by atoms with E-state index in [1.165, 1.54) is 46.5 Å². The molecule has 1 aliphatic carbocycles. The van der Waals surface area contributed by atoms with Crippen molar-refractivity contribution in [1.82, 2.24) is 9.88 Å². The Morgan fingerprint density at radius 2 is 1.36 bits per heavy atom. The number of methoxy groups -OCH3 is 5. The van der Waals surface area contributed by atoms with E-state index in [1.807, 2.05) is 18.3 Å². The van der Waals surface area contributed by atoms with E-state index in [4.69, 9.17) is 28.7 Å². The number of ether oxygens (including phenoxy) is 5. The molecule has 2 fully saturated rings. The first-order valence-corrected chi connectivity index (χ1v) is 20.4. The molecular formula is C46H53N3O5S. The Balaban J connectivity index is 1.08. The third-order valence-electron chi connectivity index (χ3n) is 11.2. The Labute approximate surface area is 330 Å². The Kier molecular flexibility index (Phi) is 12.4. The Morgan fingerprint density at radius 3 is 2.02 bits per heavy atom. The molecule has 8 nitrogen and oxygen atoms in total. The zero-order valence-electron chi connectivity index (χ0n) is 33.0. The summed E-state index contributed by atoms with van der Waals surface area (Å²) >= 11 is 1.79. The molecule has 9 heteroatoms. The highest BCUT2D eigenvalue weighted by atomic mass is 32.2. The molecule has 0 spiro atoms. The fourth-order valence-corrected chi connectivity index (χ4v) is 8.51. The molecular weight excluding hydrogens is 707 g/mol. The van der Waals surface area contributed by atoms with E-state index in [0.717, 1.165) is 72.9 Å². The number of piperidine rings is 1. The molecule has 1 saturated heterocycles. The van der Waals surface area contributed by atoms with Crippen molar-refractivity contribution in [1.29, 1.82) is 0 Å². The molecule has 1 saturated carbocycles. The molecule has 1 aliphatic heterocycles. The van der Waals surface area contributed by atoms with Crippen LogP contribution in [0.5, 0.6) is 28.7 Å². The zero-order chi connectivity index (χ0) is 38.3. The van der Waals surface area contributed by atoms with Gasteiger partial charge in [-0.25, -0.2) is 0 Å². The van der Waals surface area contributed by atoms with Crippen molar-refractivity contribution in [2.75, 3.05) is 59.8 Å². The summed E-state index contributed by atoms with van der Waals surface area (Å²) in [6, 6.07) is 31.0. The van der Waals surface area contributed by atoms with Gasteiger partial charge in [-0.3, -0.25) is 9.88 Å². The number of anilines is 1. The van der Waals surface area contributed by atoms with Crippen LogP contribution >= 0.6 is 11.8 Å². The van der Waals surface area contributed by atoms with Gasteiger partial charge in [-0.15, -0.1) is 11.8 Å². The highest BCUT2D eigenvalue weighted by molar-refractivity contribution is 7.98. The topological polar surface area (TPSA) is 65.5 Å². The van der Waals surface area contributed by atoms with Crippen LogP contribution in [0.3, 0.4) is 0 Å². The quantitative estimate of drug-likeness (QED) is 0.0971. The van der Waals surface area contributed by atoms with Crippen molar-refractivity contribution in [2.24, 2.45) is 0 Å². The summed E-state index contributed by atoms with van der Waals surface area (Å²) in [5.74, 6) is 4.03. The van der Waals surface area contributed by atoms with Gasteiger partial charge in [0.1, 0.15) is 0 Å². The molecule has 0 bridgehead atoms. The first-order valence-electron chi connectivity index (χ1n) is 19.2. The van der Waals surface area contributed by atoms with E-state index < -0.39 is 0 Å². The largest absolute Gasteiger partial charge is 0.493 e. The Bertz CT molecular complexity index is 2050. The predicted molar refractivity (Wildman–Crippen MR) is 224 cm³/mol. The molecule has 0 atom stereocenters. The van der Waals surface area contributed by atoms with E-state index >= 15 is 0 Å². The van der Waals surface area contributed by atoms with E-state index in [9.17, 15) is 0 Å². The smallest absolute Gasteiger partial charge is 0.203 e. The fourth-order valence-electron chi connectivity index (χ4n) is 8.06. The third-order valence-corrected chi connectivity index (χ3v) is 12.0. The first-order chi connectivity index (χ1) is 26.9. The molecule has 0 radical (unpaired) electrons. The second-order valence-corrected chi connectivity index (χ2v) is 15.3.